The number of hydrogen-bond acceptors (Lipinski definition) is 3. The van der Waals surface area contributed by atoms with Crippen LogP contribution in [0.2, 0.25) is 0 Å². The molecule has 22 heavy (non-hydrogen) atoms. The van der Waals surface area contributed by atoms with Crippen LogP contribution in [0.25, 0.3) is 22.6 Å². The molecule has 8 heteroatoms. The molecule has 0 spiro atoms. The van der Waals surface area contributed by atoms with Crippen LogP contribution >= 0.6 is 0 Å². The predicted octanol–water partition coefficient (Wildman–Crippen LogP) is 3.50. The van der Waals surface area contributed by atoms with Crippen molar-refractivity contribution in [3.8, 4) is 17.1 Å². The van der Waals surface area contributed by atoms with Crippen molar-refractivity contribution in [1.82, 2.24) is 14.5 Å². The topological polar surface area (TPSA) is 50.9 Å². The SMILES string of the molecule is Cn1c(-c2c(O)cccc2F)nc2cc(C(F)(F)F)cnc21. The van der Waals surface area contributed by atoms with Crippen molar-refractivity contribution < 1.29 is 22.7 Å². The molecule has 3 aromatic rings. The Morgan fingerprint density at radius 1 is 1.23 bits per heavy atom. The number of imidazole rings is 1. The molecule has 0 radical (unpaired) electrons. The first kappa shape index (κ1) is 14.3. The van der Waals surface area contributed by atoms with E-state index in [4.69, 9.17) is 0 Å². The van der Waals surface area contributed by atoms with Crippen LogP contribution in [0.15, 0.2) is 30.5 Å². The largest absolute Gasteiger partial charge is 0.507 e. The summed E-state index contributed by atoms with van der Waals surface area (Å²) < 4.78 is 53.3. The second-order valence-corrected chi connectivity index (χ2v) is 4.69. The quantitative estimate of drug-likeness (QED) is 0.700. The third-order valence-corrected chi connectivity index (χ3v) is 3.25. The van der Waals surface area contributed by atoms with Crippen LogP contribution in [0.3, 0.4) is 0 Å². The molecule has 0 atom stereocenters. The molecule has 0 fully saturated rings. The standard InChI is InChI=1S/C14H9F4N3O/c1-21-12-9(5-7(6-19-12)14(16,17)18)20-13(21)11-8(15)3-2-4-10(11)22/h2-6,22H,1H3. The van der Waals surface area contributed by atoms with Crippen molar-refractivity contribution in [2.75, 3.05) is 0 Å². The molecule has 4 nitrogen and oxygen atoms in total. The molecule has 0 amide bonds. The van der Waals surface area contributed by atoms with Crippen LogP contribution in [0, 0.1) is 5.82 Å². The number of nitrogens with zero attached hydrogens (tertiary/aromatic N) is 3. The van der Waals surface area contributed by atoms with E-state index < -0.39 is 17.6 Å². The third kappa shape index (κ3) is 2.16. The van der Waals surface area contributed by atoms with Gasteiger partial charge in [0.1, 0.15) is 22.9 Å². The number of benzene rings is 1. The van der Waals surface area contributed by atoms with Crippen molar-refractivity contribution >= 4 is 11.2 Å². The van der Waals surface area contributed by atoms with Gasteiger partial charge in [-0.2, -0.15) is 13.2 Å². The normalized spacial score (nSPS) is 12.0. The summed E-state index contributed by atoms with van der Waals surface area (Å²) in [6.45, 7) is 0. The maximum absolute atomic E-state index is 13.9. The lowest BCUT2D eigenvalue weighted by atomic mass is 10.2. The van der Waals surface area contributed by atoms with Crippen molar-refractivity contribution in [3.63, 3.8) is 0 Å². The van der Waals surface area contributed by atoms with Crippen molar-refractivity contribution in [1.29, 1.82) is 0 Å². The van der Waals surface area contributed by atoms with Crippen molar-refractivity contribution in [3.05, 3.63) is 41.8 Å². The van der Waals surface area contributed by atoms with Crippen molar-refractivity contribution in [2.45, 2.75) is 6.18 Å². The van der Waals surface area contributed by atoms with Gasteiger partial charge >= 0.3 is 6.18 Å². The molecule has 0 aliphatic rings. The highest BCUT2D eigenvalue weighted by Gasteiger charge is 2.32. The summed E-state index contributed by atoms with van der Waals surface area (Å²) in [5.74, 6) is -1.08. The minimum absolute atomic E-state index is 0.00238. The molecule has 0 aliphatic carbocycles. The van der Waals surface area contributed by atoms with Gasteiger partial charge in [0, 0.05) is 13.2 Å². The van der Waals surface area contributed by atoms with Gasteiger partial charge in [0.15, 0.2) is 5.65 Å². The fourth-order valence-corrected chi connectivity index (χ4v) is 2.19. The summed E-state index contributed by atoms with van der Waals surface area (Å²) >= 11 is 0. The summed E-state index contributed by atoms with van der Waals surface area (Å²) in [4.78, 5) is 7.71. The predicted molar refractivity (Wildman–Crippen MR) is 70.6 cm³/mol. The number of phenols is 1. The Labute approximate surface area is 121 Å². The molecule has 2 heterocycles. The molecule has 1 N–H and O–H groups in total. The molecule has 0 saturated heterocycles. The van der Waals surface area contributed by atoms with Gasteiger partial charge in [-0.25, -0.2) is 14.4 Å². The number of fused-ring (bicyclic) bond motifs is 1. The summed E-state index contributed by atoms with van der Waals surface area (Å²) in [6, 6.07) is 4.55. The van der Waals surface area contributed by atoms with Gasteiger partial charge in [-0.1, -0.05) is 6.07 Å². The summed E-state index contributed by atoms with van der Waals surface area (Å²) in [5, 5.41) is 9.78. The second kappa shape index (κ2) is 4.69. The number of rotatable bonds is 1. The zero-order chi connectivity index (χ0) is 16.1. The molecular formula is C14H9F4N3O. The van der Waals surface area contributed by atoms with E-state index in [1.54, 1.807) is 0 Å². The Morgan fingerprint density at radius 2 is 1.95 bits per heavy atom. The zero-order valence-electron chi connectivity index (χ0n) is 11.2. The van der Waals surface area contributed by atoms with Crippen molar-refractivity contribution in [2.24, 2.45) is 7.05 Å². The summed E-state index contributed by atoms with van der Waals surface area (Å²) in [5.41, 5.74) is -1.00. The van der Waals surface area contributed by atoms with Crippen LogP contribution in [0.5, 0.6) is 5.75 Å². The molecule has 2 aromatic heterocycles. The Bertz CT molecular complexity index is 850. The van der Waals surface area contributed by atoms with Crippen LogP contribution in [-0.2, 0) is 13.2 Å². The van der Waals surface area contributed by atoms with E-state index >= 15 is 0 Å². The highest BCUT2D eigenvalue weighted by molar-refractivity contribution is 5.79. The average molecular weight is 311 g/mol. The van der Waals surface area contributed by atoms with Gasteiger partial charge in [-0.05, 0) is 18.2 Å². The smallest absolute Gasteiger partial charge is 0.417 e. The fraction of sp³-hybridized carbons (Fsp3) is 0.143. The third-order valence-electron chi connectivity index (χ3n) is 3.25. The van der Waals surface area contributed by atoms with E-state index in [0.29, 0.717) is 6.20 Å². The number of alkyl halides is 3. The van der Waals surface area contributed by atoms with E-state index in [9.17, 15) is 22.7 Å². The van der Waals surface area contributed by atoms with Gasteiger partial charge in [0.2, 0.25) is 0 Å². The Balaban J connectivity index is 2.26. The molecule has 114 valence electrons. The Kier molecular flexibility index (Phi) is 3.05. The van der Waals surface area contributed by atoms with Gasteiger partial charge < -0.3 is 9.67 Å². The zero-order valence-corrected chi connectivity index (χ0v) is 11.2. The van der Waals surface area contributed by atoms with Crippen LogP contribution in [-0.4, -0.2) is 19.6 Å². The van der Waals surface area contributed by atoms with Gasteiger partial charge in [0.25, 0.3) is 0 Å². The molecule has 0 bridgehead atoms. The van der Waals surface area contributed by atoms with E-state index in [-0.39, 0.29) is 28.3 Å². The number of hydrogen-bond donors (Lipinski definition) is 1. The maximum atomic E-state index is 13.9. The number of pyridine rings is 1. The van der Waals surface area contributed by atoms with E-state index in [1.807, 2.05) is 0 Å². The lowest BCUT2D eigenvalue weighted by molar-refractivity contribution is -0.137. The molecule has 0 saturated carbocycles. The highest BCUT2D eigenvalue weighted by Crippen LogP contribution is 2.34. The minimum atomic E-state index is -4.54. The van der Waals surface area contributed by atoms with E-state index in [2.05, 4.69) is 9.97 Å². The van der Waals surface area contributed by atoms with E-state index in [0.717, 1.165) is 12.1 Å². The van der Waals surface area contributed by atoms with E-state index in [1.165, 1.54) is 23.7 Å². The van der Waals surface area contributed by atoms with Crippen LogP contribution in [0.1, 0.15) is 5.56 Å². The molecule has 3 rings (SSSR count). The lowest BCUT2D eigenvalue weighted by Crippen LogP contribution is -2.05. The number of halogens is 4. The maximum Gasteiger partial charge on any atom is 0.417 e. The van der Waals surface area contributed by atoms with Gasteiger partial charge in [0.05, 0.1) is 11.1 Å². The second-order valence-electron chi connectivity index (χ2n) is 4.69. The number of phenolic OH excluding ortho intramolecular Hbond substituents is 1. The molecule has 0 aliphatic heterocycles. The average Bonchev–Trinajstić information content (AvgIpc) is 2.75. The van der Waals surface area contributed by atoms with Crippen LogP contribution in [0.4, 0.5) is 17.6 Å². The fourth-order valence-electron chi connectivity index (χ4n) is 2.19. The molecule has 1 aromatic carbocycles. The van der Waals surface area contributed by atoms with Gasteiger partial charge in [-0.15, -0.1) is 0 Å². The number of aromatic nitrogens is 3. The highest BCUT2D eigenvalue weighted by atomic mass is 19.4. The first-order valence-corrected chi connectivity index (χ1v) is 6.16. The summed E-state index contributed by atoms with van der Waals surface area (Å²) in [7, 11) is 1.48. The van der Waals surface area contributed by atoms with Crippen LogP contribution < -0.4 is 0 Å². The Hall–Kier alpha value is -2.64. The first-order valence-electron chi connectivity index (χ1n) is 6.16. The first-order chi connectivity index (χ1) is 10.3. The number of aryl methyl sites for hydroxylation is 1. The Morgan fingerprint density at radius 3 is 2.59 bits per heavy atom. The summed E-state index contributed by atoms with van der Waals surface area (Å²) in [6.07, 6.45) is -3.85. The monoisotopic (exact) mass is 311 g/mol. The lowest BCUT2D eigenvalue weighted by Gasteiger charge is -2.06. The number of aromatic hydroxyl groups is 1. The van der Waals surface area contributed by atoms with Gasteiger partial charge in [-0.3, -0.25) is 0 Å². The molecule has 0 unspecified atom stereocenters. The minimum Gasteiger partial charge on any atom is -0.507 e. The molecular weight excluding hydrogens is 302 g/mol.